The summed E-state index contributed by atoms with van der Waals surface area (Å²) in [5.74, 6) is 0.981. The maximum absolute atomic E-state index is 4.12. The molecule has 0 aromatic carbocycles. The molecule has 1 aromatic rings. The predicted molar refractivity (Wildman–Crippen MR) is 39.5 cm³/mol. The second-order valence-electron chi connectivity index (χ2n) is 2.29. The average molecular weight is 136 g/mol. The van der Waals surface area contributed by atoms with Gasteiger partial charge in [-0.3, -0.25) is 4.99 Å². The average Bonchev–Trinajstić information content (AvgIpc) is 2.36. The first-order chi connectivity index (χ1) is 4.88. The molecule has 0 radical (unpaired) electrons. The summed E-state index contributed by atoms with van der Waals surface area (Å²) in [5.41, 5.74) is 0.994. The Morgan fingerprint density at radius 3 is 3.40 bits per heavy atom. The van der Waals surface area contributed by atoms with Gasteiger partial charge < -0.3 is 9.88 Å². The van der Waals surface area contributed by atoms with Gasteiger partial charge in [0.25, 0.3) is 0 Å². The third-order valence-corrected chi connectivity index (χ3v) is 1.52. The van der Waals surface area contributed by atoms with E-state index in [0.29, 0.717) is 6.67 Å². The van der Waals surface area contributed by atoms with Crippen molar-refractivity contribution in [1.29, 1.82) is 0 Å². The highest BCUT2D eigenvalue weighted by molar-refractivity contribution is 5.85. The Morgan fingerprint density at radius 2 is 2.60 bits per heavy atom. The van der Waals surface area contributed by atoms with Crippen LogP contribution in [0.2, 0.25) is 0 Å². The number of imidazole rings is 1. The second-order valence-corrected chi connectivity index (χ2v) is 2.29. The zero-order chi connectivity index (χ0) is 6.97. The third kappa shape index (κ3) is 0.618. The quantitative estimate of drug-likeness (QED) is 0.555. The van der Waals surface area contributed by atoms with Crippen LogP contribution in [0.5, 0.6) is 0 Å². The number of rotatable bonds is 0. The molecule has 4 nitrogen and oxygen atoms in total. The van der Waals surface area contributed by atoms with E-state index in [1.165, 1.54) is 0 Å². The first kappa shape index (κ1) is 5.46. The molecule has 0 saturated heterocycles. The molecule has 0 unspecified atom stereocenters. The van der Waals surface area contributed by atoms with E-state index in [1.807, 2.05) is 18.2 Å². The number of fused-ring (bicyclic) bond motifs is 1. The number of hydrogen-bond acceptors (Lipinski definition) is 3. The standard InChI is InChI=1S/C6H8N4/c1-10-4-7-2-5-6(10)9-3-8-5/h2-3H,4H2,1H3,(H,8,9). The fraction of sp³-hybridized carbons (Fsp3) is 0.333. The van der Waals surface area contributed by atoms with Crippen molar-refractivity contribution in [2.24, 2.45) is 4.99 Å². The van der Waals surface area contributed by atoms with Crippen LogP contribution in [0.1, 0.15) is 5.69 Å². The first-order valence-electron chi connectivity index (χ1n) is 3.12. The van der Waals surface area contributed by atoms with Crippen molar-refractivity contribution in [3.05, 3.63) is 12.0 Å². The van der Waals surface area contributed by atoms with Gasteiger partial charge in [0.2, 0.25) is 0 Å². The highest BCUT2D eigenvalue weighted by Crippen LogP contribution is 2.14. The molecule has 0 amide bonds. The lowest BCUT2D eigenvalue weighted by Crippen LogP contribution is -2.21. The van der Waals surface area contributed by atoms with Crippen molar-refractivity contribution in [3.63, 3.8) is 0 Å². The molecule has 0 fully saturated rings. The van der Waals surface area contributed by atoms with Crippen LogP contribution in [0.25, 0.3) is 0 Å². The minimum atomic E-state index is 0.706. The topological polar surface area (TPSA) is 44.3 Å². The Kier molecular flexibility index (Phi) is 1.00. The molecular weight excluding hydrogens is 128 g/mol. The summed E-state index contributed by atoms with van der Waals surface area (Å²) in [6.45, 7) is 0.706. The van der Waals surface area contributed by atoms with Crippen molar-refractivity contribution in [1.82, 2.24) is 9.97 Å². The number of aromatic amines is 1. The maximum atomic E-state index is 4.12. The van der Waals surface area contributed by atoms with Crippen LogP contribution in [0.3, 0.4) is 0 Å². The molecular formula is C6H8N4. The smallest absolute Gasteiger partial charge is 0.156 e. The molecule has 1 N–H and O–H groups in total. The van der Waals surface area contributed by atoms with Gasteiger partial charge in [0.05, 0.1) is 12.5 Å². The van der Waals surface area contributed by atoms with E-state index in [2.05, 4.69) is 15.0 Å². The fourth-order valence-corrected chi connectivity index (χ4v) is 1.02. The van der Waals surface area contributed by atoms with Gasteiger partial charge in [0.15, 0.2) is 5.82 Å². The monoisotopic (exact) mass is 136 g/mol. The van der Waals surface area contributed by atoms with E-state index < -0.39 is 0 Å². The summed E-state index contributed by atoms with van der Waals surface area (Å²) >= 11 is 0. The number of aromatic nitrogens is 2. The minimum Gasteiger partial charge on any atom is -0.342 e. The lowest BCUT2D eigenvalue weighted by atomic mass is 10.4. The Bertz CT molecular complexity index is 262. The van der Waals surface area contributed by atoms with Crippen LogP contribution in [0, 0.1) is 0 Å². The molecule has 2 rings (SSSR count). The molecule has 10 heavy (non-hydrogen) atoms. The summed E-state index contributed by atoms with van der Waals surface area (Å²) in [7, 11) is 1.97. The number of anilines is 1. The van der Waals surface area contributed by atoms with E-state index in [0.717, 1.165) is 11.5 Å². The molecule has 1 aliphatic rings. The van der Waals surface area contributed by atoms with Gasteiger partial charge in [-0.15, -0.1) is 0 Å². The van der Waals surface area contributed by atoms with Crippen molar-refractivity contribution in [3.8, 4) is 0 Å². The molecule has 4 heteroatoms. The zero-order valence-corrected chi connectivity index (χ0v) is 5.70. The van der Waals surface area contributed by atoms with Crippen LogP contribution in [0.4, 0.5) is 5.82 Å². The number of aliphatic imine (C=N–C) groups is 1. The van der Waals surface area contributed by atoms with Crippen molar-refractivity contribution in [2.45, 2.75) is 0 Å². The maximum Gasteiger partial charge on any atom is 0.156 e. The minimum absolute atomic E-state index is 0.706. The molecule has 0 atom stereocenters. The second kappa shape index (κ2) is 1.83. The zero-order valence-electron chi connectivity index (χ0n) is 5.70. The molecule has 1 aliphatic heterocycles. The van der Waals surface area contributed by atoms with Crippen LogP contribution < -0.4 is 4.90 Å². The number of nitrogens with one attached hydrogen (secondary N) is 1. The molecule has 0 aliphatic carbocycles. The Balaban J connectivity index is 2.52. The van der Waals surface area contributed by atoms with E-state index >= 15 is 0 Å². The molecule has 0 spiro atoms. The van der Waals surface area contributed by atoms with Crippen LogP contribution in [0.15, 0.2) is 11.3 Å². The third-order valence-electron chi connectivity index (χ3n) is 1.52. The highest BCUT2D eigenvalue weighted by atomic mass is 15.3. The van der Waals surface area contributed by atoms with Crippen molar-refractivity contribution >= 4 is 12.0 Å². The van der Waals surface area contributed by atoms with Gasteiger partial charge >= 0.3 is 0 Å². The Morgan fingerprint density at radius 1 is 1.70 bits per heavy atom. The highest BCUT2D eigenvalue weighted by Gasteiger charge is 2.10. The van der Waals surface area contributed by atoms with Crippen molar-refractivity contribution < 1.29 is 0 Å². The summed E-state index contributed by atoms with van der Waals surface area (Å²) in [6, 6.07) is 0. The van der Waals surface area contributed by atoms with Gasteiger partial charge in [0, 0.05) is 7.05 Å². The van der Waals surface area contributed by atoms with Gasteiger partial charge in [-0.2, -0.15) is 0 Å². The first-order valence-corrected chi connectivity index (χ1v) is 3.12. The van der Waals surface area contributed by atoms with Gasteiger partial charge in [-0.1, -0.05) is 0 Å². The SMILES string of the molecule is CN1CN=Cc2[nH]cnc21. The summed E-state index contributed by atoms with van der Waals surface area (Å²) < 4.78 is 0. The number of H-pyrrole nitrogens is 1. The number of nitrogens with zero attached hydrogens (tertiary/aromatic N) is 3. The lowest BCUT2D eigenvalue weighted by molar-refractivity contribution is 0.904. The van der Waals surface area contributed by atoms with Gasteiger partial charge in [-0.05, 0) is 0 Å². The largest absolute Gasteiger partial charge is 0.342 e. The van der Waals surface area contributed by atoms with Crippen LogP contribution >= 0.6 is 0 Å². The fourth-order valence-electron chi connectivity index (χ4n) is 1.02. The number of hydrogen-bond donors (Lipinski definition) is 1. The van der Waals surface area contributed by atoms with E-state index in [9.17, 15) is 0 Å². The molecule has 1 aromatic heterocycles. The molecule has 52 valence electrons. The summed E-state index contributed by atoms with van der Waals surface area (Å²) in [6.07, 6.45) is 3.49. The normalized spacial score (nSPS) is 15.5. The summed E-state index contributed by atoms with van der Waals surface area (Å²) in [4.78, 5) is 13.2. The molecule has 0 bridgehead atoms. The molecule has 0 saturated carbocycles. The van der Waals surface area contributed by atoms with E-state index in [-0.39, 0.29) is 0 Å². The van der Waals surface area contributed by atoms with E-state index in [1.54, 1.807) is 6.33 Å². The van der Waals surface area contributed by atoms with Gasteiger partial charge in [0.1, 0.15) is 12.4 Å². The Labute approximate surface area is 58.6 Å². The Hall–Kier alpha value is -1.32. The van der Waals surface area contributed by atoms with Gasteiger partial charge in [-0.25, -0.2) is 4.98 Å². The predicted octanol–water partition coefficient (Wildman–Crippen LogP) is 0.236. The lowest BCUT2D eigenvalue weighted by Gasteiger charge is -2.17. The summed E-state index contributed by atoms with van der Waals surface area (Å²) in [5, 5.41) is 0. The van der Waals surface area contributed by atoms with E-state index in [4.69, 9.17) is 0 Å². The van der Waals surface area contributed by atoms with Crippen molar-refractivity contribution in [2.75, 3.05) is 18.6 Å². The van der Waals surface area contributed by atoms with Crippen LogP contribution in [-0.2, 0) is 0 Å². The van der Waals surface area contributed by atoms with Crippen LogP contribution in [-0.4, -0.2) is 29.9 Å². The molecule has 2 heterocycles.